The molecule has 1 aromatic heterocycles. The smallest absolute Gasteiger partial charge is 0.123 e. The van der Waals surface area contributed by atoms with Gasteiger partial charge in [0.05, 0.1) is 11.2 Å². The fourth-order valence-electron chi connectivity index (χ4n) is 2.61. The van der Waals surface area contributed by atoms with Crippen LogP contribution in [0.1, 0.15) is 20.3 Å². The predicted molar refractivity (Wildman–Crippen MR) is 105 cm³/mol. The van der Waals surface area contributed by atoms with Crippen LogP contribution in [-0.4, -0.2) is 4.57 Å². The molecule has 0 aliphatic heterocycles. The molecule has 2 aromatic carbocycles. The van der Waals surface area contributed by atoms with Crippen molar-refractivity contribution in [2.45, 2.75) is 20.3 Å². The Bertz CT molecular complexity index is 863. The standard InChI is InChI=1S/C20H19FIN/c1-3-14(2)10-11-23-19-7-5-4-6-15(19)12-20(23)17-13-16(21)8-9-18(17)22/h4-14H,3H2,1-2H3. The van der Waals surface area contributed by atoms with E-state index in [1.54, 1.807) is 6.07 Å². The summed E-state index contributed by atoms with van der Waals surface area (Å²) in [5.74, 6) is 0.304. The number of aromatic nitrogens is 1. The lowest BCUT2D eigenvalue weighted by molar-refractivity contribution is 0.628. The molecule has 23 heavy (non-hydrogen) atoms. The van der Waals surface area contributed by atoms with Crippen molar-refractivity contribution in [3.63, 3.8) is 0 Å². The second-order valence-electron chi connectivity index (χ2n) is 5.81. The van der Waals surface area contributed by atoms with Crippen molar-refractivity contribution in [1.82, 2.24) is 4.57 Å². The fourth-order valence-corrected chi connectivity index (χ4v) is 3.22. The molecule has 3 aromatic rings. The normalized spacial score (nSPS) is 13.0. The van der Waals surface area contributed by atoms with E-state index in [-0.39, 0.29) is 5.82 Å². The van der Waals surface area contributed by atoms with Crippen LogP contribution in [0.5, 0.6) is 0 Å². The van der Waals surface area contributed by atoms with Crippen molar-refractivity contribution in [3.05, 3.63) is 64.0 Å². The second kappa shape index (κ2) is 6.87. The molecule has 3 rings (SSSR count). The first-order valence-corrected chi connectivity index (χ1v) is 8.91. The molecule has 3 heteroatoms. The highest BCUT2D eigenvalue weighted by Gasteiger charge is 2.12. The quantitative estimate of drug-likeness (QED) is 0.422. The zero-order valence-electron chi connectivity index (χ0n) is 13.3. The van der Waals surface area contributed by atoms with Gasteiger partial charge >= 0.3 is 0 Å². The van der Waals surface area contributed by atoms with E-state index in [9.17, 15) is 4.39 Å². The molecule has 0 saturated heterocycles. The average molecular weight is 419 g/mol. The van der Waals surface area contributed by atoms with Gasteiger partial charge in [0, 0.05) is 20.7 Å². The number of allylic oxidation sites excluding steroid dienone is 1. The number of halogens is 2. The van der Waals surface area contributed by atoms with Gasteiger partial charge in [0.1, 0.15) is 5.82 Å². The third kappa shape index (κ3) is 3.34. The Morgan fingerprint density at radius 2 is 1.96 bits per heavy atom. The maximum absolute atomic E-state index is 13.8. The van der Waals surface area contributed by atoms with Gasteiger partial charge in [-0.15, -0.1) is 0 Å². The number of hydrogen-bond donors (Lipinski definition) is 0. The van der Waals surface area contributed by atoms with Crippen LogP contribution >= 0.6 is 22.6 Å². The lowest BCUT2D eigenvalue weighted by Crippen LogP contribution is -1.94. The molecule has 1 nitrogen and oxygen atoms in total. The molecule has 0 saturated carbocycles. The van der Waals surface area contributed by atoms with Crippen LogP contribution in [0, 0.1) is 15.3 Å². The Labute approximate surface area is 150 Å². The molecule has 0 aliphatic rings. The summed E-state index contributed by atoms with van der Waals surface area (Å²) in [6.07, 6.45) is 5.43. The van der Waals surface area contributed by atoms with Crippen molar-refractivity contribution in [2.24, 2.45) is 5.92 Å². The van der Waals surface area contributed by atoms with Gasteiger partial charge in [-0.25, -0.2) is 4.39 Å². The molecule has 0 spiro atoms. The molecule has 118 valence electrons. The summed E-state index contributed by atoms with van der Waals surface area (Å²) < 4.78 is 17.0. The van der Waals surface area contributed by atoms with Crippen molar-refractivity contribution >= 4 is 39.7 Å². The first-order chi connectivity index (χ1) is 11.1. The minimum Gasteiger partial charge on any atom is -0.316 e. The van der Waals surface area contributed by atoms with Gasteiger partial charge in [0.2, 0.25) is 0 Å². The topological polar surface area (TPSA) is 4.93 Å². The molecule has 0 radical (unpaired) electrons. The van der Waals surface area contributed by atoms with Crippen molar-refractivity contribution in [1.29, 1.82) is 0 Å². The van der Waals surface area contributed by atoms with Gasteiger partial charge in [-0.05, 0) is 58.8 Å². The molecular weight excluding hydrogens is 400 g/mol. The van der Waals surface area contributed by atoms with Crippen LogP contribution in [0.15, 0.2) is 54.6 Å². The van der Waals surface area contributed by atoms with Crippen LogP contribution in [0.2, 0.25) is 0 Å². The monoisotopic (exact) mass is 419 g/mol. The predicted octanol–water partition coefficient (Wildman–Crippen LogP) is 6.57. The van der Waals surface area contributed by atoms with E-state index in [2.05, 4.69) is 71.5 Å². The Morgan fingerprint density at radius 3 is 2.74 bits per heavy atom. The Balaban J connectivity index is 2.23. The Kier molecular flexibility index (Phi) is 4.85. The SMILES string of the molecule is CCC(C)C=Cn1c(-c2cc(F)ccc2I)cc2ccccc21. The van der Waals surface area contributed by atoms with Crippen LogP contribution in [0.4, 0.5) is 4.39 Å². The van der Waals surface area contributed by atoms with Crippen molar-refractivity contribution < 1.29 is 4.39 Å². The van der Waals surface area contributed by atoms with Gasteiger partial charge in [0.15, 0.2) is 0 Å². The van der Waals surface area contributed by atoms with Crippen LogP contribution in [0.3, 0.4) is 0 Å². The van der Waals surface area contributed by atoms with Crippen LogP contribution in [-0.2, 0) is 0 Å². The number of hydrogen-bond acceptors (Lipinski definition) is 0. The lowest BCUT2D eigenvalue weighted by Gasteiger charge is -2.09. The average Bonchev–Trinajstić information content (AvgIpc) is 2.93. The number of fused-ring (bicyclic) bond motifs is 1. The number of nitrogens with zero attached hydrogens (tertiary/aromatic N) is 1. The van der Waals surface area contributed by atoms with E-state index in [1.165, 1.54) is 6.07 Å². The van der Waals surface area contributed by atoms with Crippen LogP contribution < -0.4 is 0 Å². The third-order valence-corrected chi connectivity index (χ3v) is 5.10. The maximum Gasteiger partial charge on any atom is 0.123 e. The van der Waals surface area contributed by atoms with Gasteiger partial charge < -0.3 is 4.57 Å². The first-order valence-electron chi connectivity index (χ1n) is 7.84. The summed E-state index contributed by atoms with van der Waals surface area (Å²) in [6, 6.07) is 15.3. The molecule has 0 fully saturated rings. The van der Waals surface area contributed by atoms with Crippen molar-refractivity contribution in [2.75, 3.05) is 0 Å². The zero-order valence-corrected chi connectivity index (χ0v) is 15.4. The summed E-state index contributed by atoms with van der Waals surface area (Å²) in [5.41, 5.74) is 3.09. The Morgan fingerprint density at radius 1 is 1.17 bits per heavy atom. The van der Waals surface area contributed by atoms with E-state index in [0.29, 0.717) is 5.92 Å². The summed E-state index contributed by atoms with van der Waals surface area (Å²) in [7, 11) is 0. The second-order valence-corrected chi connectivity index (χ2v) is 6.97. The molecule has 0 bridgehead atoms. The maximum atomic E-state index is 13.8. The largest absolute Gasteiger partial charge is 0.316 e. The summed E-state index contributed by atoms with van der Waals surface area (Å²) in [5, 5.41) is 1.16. The first kappa shape index (κ1) is 16.2. The van der Waals surface area contributed by atoms with Crippen LogP contribution in [0.25, 0.3) is 28.4 Å². The molecular formula is C20H19FIN. The van der Waals surface area contributed by atoms with Gasteiger partial charge in [0.25, 0.3) is 0 Å². The molecule has 1 atom stereocenters. The third-order valence-electron chi connectivity index (χ3n) is 4.16. The summed E-state index contributed by atoms with van der Waals surface area (Å²) >= 11 is 2.27. The highest BCUT2D eigenvalue weighted by molar-refractivity contribution is 14.1. The molecule has 0 amide bonds. The highest BCUT2D eigenvalue weighted by atomic mass is 127. The van der Waals surface area contributed by atoms with Crippen molar-refractivity contribution in [3.8, 4) is 11.3 Å². The minimum atomic E-state index is -0.205. The molecule has 1 heterocycles. The minimum absolute atomic E-state index is 0.205. The van der Waals surface area contributed by atoms with Gasteiger partial charge in [-0.1, -0.05) is 44.5 Å². The molecule has 0 N–H and O–H groups in total. The summed E-state index contributed by atoms with van der Waals surface area (Å²) in [4.78, 5) is 0. The van der Waals surface area contributed by atoms with Gasteiger partial charge in [-0.2, -0.15) is 0 Å². The number of para-hydroxylation sites is 1. The number of rotatable bonds is 4. The highest BCUT2D eigenvalue weighted by Crippen LogP contribution is 2.32. The fraction of sp³-hybridized carbons (Fsp3) is 0.200. The zero-order chi connectivity index (χ0) is 16.4. The van der Waals surface area contributed by atoms with E-state index in [1.807, 2.05) is 18.2 Å². The van der Waals surface area contributed by atoms with E-state index >= 15 is 0 Å². The molecule has 1 unspecified atom stereocenters. The molecule has 0 aliphatic carbocycles. The van der Waals surface area contributed by atoms with Gasteiger partial charge in [-0.3, -0.25) is 0 Å². The Hall–Kier alpha value is -1.62. The number of benzene rings is 2. The summed E-state index contributed by atoms with van der Waals surface area (Å²) in [6.45, 7) is 4.38. The lowest BCUT2D eigenvalue weighted by atomic mass is 10.1. The van der Waals surface area contributed by atoms with E-state index in [0.717, 1.165) is 32.2 Å². The van der Waals surface area contributed by atoms with E-state index < -0.39 is 0 Å². The van der Waals surface area contributed by atoms with E-state index in [4.69, 9.17) is 0 Å².